The van der Waals surface area contributed by atoms with Gasteiger partial charge in [0.2, 0.25) is 11.6 Å². The van der Waals surface area contributed by atoms with Gasteiger partial charge in [-0.1, -0.05) is 69.5 Å². The Balaban J connectivity index is 0.000000179. The molecule has 8 rings (SSSR count). The molecule has 4 aromatic heterocycles. The molecule has 16 heteroatoms. The van der Waals surface area contributed by atoms with Crippen LogP contribution >= 0.6 is 0 Å². The summed E-state index contributed by atoms with van der Waals surface area (Å²) in [5.74, 6) is 0.165. The zero-order valence-electron chi connectivity index (χ0n) is 32.5. The summed E-state index contributed by atoms with van der Waals surface area (Å²) in [5.41, 5.74) is 6.24. The van der Waals surface area contributed by atoms with Crippen LogP contribution in [0.4, 0.5) is 11.4 Å². The average molecular weight is 785 g/mol. The number of nitrogens with one attached hydrogen (secondary N) is 4. The number of H-pyrrole nitrogens is 2. The third-order valence-corrected chi connectivity index (χ3v) is 9.77. The molecular formula is C43H40N14O2. The highest BCUT2D eigenvalue weighted by atomic mass is 16.2. The number of aryl methyl sites for hydroxylation is 2. The number of para-hydroxylation sites is 2. The van der Waals surface area contributed by atoms with Crippen LogP contribution in [0.25, 0.3) is 44.6 Å². The van der Waals surface area contributed by atoms with Crippen molar-refractivity contribution in [2.45, 2.75) is 59.0 Å². The molecule has 294 valence electrons. The Morgan fingerprint density at radius 1 is 0.610 bits per heavy atom. The van der Waals surface area contributed by atoms with E-state index in [9.17, 15) is 20.1 Å². The SMILES string of the molecule is CCCCCn1c(C(=O)Nc2ccc(C#N)cc2-c2nn[nH]n2)cc2ccccc21.CCCCn1c(C(=O)Nc2ccc(C#N)cc2-c2nn[nH]n2)cc2ccccc21. The van der Waals surface area contributed by atoms with Crippen LogP contribution in [0, 0.1) is 22.7 Å². The van der Waals surface area contributed by atoms with Gasteiger partial charge >= 0.3 is 0 Å². The van der Waals surface area contributed by atoms with E-state index in [0.29, 0.717) is 56.7 Å². The Labute approximate surface area is 338 Å². The summed E-state index contributed by atoms with van der Waals surface area (Å²) in [5, 5.41) is 54.3. The second-order valence-electron chi connectivity index (χ2n) is 13.7. The van der Waals surface area contributed by atoms with Crippen molar-refractivity contribution in [2.75, 3.05) is 10.6 Å². The third kappa shape index (κ3) is 8.72. The lowest BCUT2D eigenvalue weighted by molar-refractivity contribution is 0.101. The number of hydrogen-bond acceptors (Lipinski definition) is 10. The molecule has 4 heterocycles. The average Bonchev–Trinajstić information content (AvgIpc) is 4.11. The van der Waals surface area contributed by atoms with Crippen LogP contribution in [0.2, 0.25) is 0 Å². The standard InChI is InChI=1S/C22H21N7O.C21H19N7O/c1-2-3-6-11-29-19-8-5-4-7-16(19)13-20(29)22(30)24-18-10-9-15(14-23)12-17(18)21-25-27-28-26-21;1-2-3-10-28-18-7-5-4-6-15(18)12-19(28)21(29)23-17-9-8-14(13-22)11-16(17)20-24-26-27-25-20/h4-5,7-10,12-13H,2-3,6,11H2,1H3,(H,24,30)(H,25,26,27,28);4-9,11-12H,2-3,10H2,1H3,(H,23,29)(H,24,25,26,27). The van der Waals surface area contributed by atoms with E-state index in [4.69, 9.17) is 0 Å². The number of carbonyl (C=O) groups is 2. The van der Waals surface area contributed by atoms with E-state index >= 15 is 0 Å². The number of anilines is 2. The largest absolute Gasteiger partial charge is 0.336 e. The number of benzene rings is 4. The van der Waals surface area contributed by atoms with Gasteiger partial charge in [0, 0.05) is 46.0 Å². The number of nitrogens with zero attached hydrogens (tertiary/aromatic N) is 10. The highest BCUT2D eigenvalue weighted by molar-refractivity contribution is 6.09. The molecular weight excluding hydrogens is 745 g/mol. The number of tetrazole rings is 2. The van der Waals surface area contributed by atoms with Gasteiger partial charge in [-0.25, -0.2) is 0 Å². The summed E-state index contributed by atoms with van der Waals surface area (Å²) in [6, 6.07) is 33.9. The fourth-order valence-corrected chi connectivity index (χ4v) is 6.86. The smallest absolute Gasteiger partial charge is 0.272 e. The van der Waals surface area contributed by atoms with Crippen LogP contribution < -0.4 is 10.6 Å². The summed E-state index contributed by atoms with van der Waals surface area (Å²) in [6.07, 6.45) is 5.22. The van der Waals surface area contributed by atoms with Crippen molar-refractivity contribution < 1.29 is 9.59 Å². The molecule has 0 unspecified atom stereocenters. The number of unbranched alkanes of at least 4 members (excludes halogenated alkanes) is 3. The van der Waals surface area contributed by atoms with E-state index < -0.39 is 0 Å². The van der Waals surface area contributed by atoms with Crippen LogP contribution in [-0.2, 0) is 13.1 Å². The predicted molar refractivity (Wildman–Crippen MR) is 223 cm³/mol. The van der Waals surface area contributed by atoms with Crippen LogP contribution in [0.3, 0.4) is 0 Å². The summed E-state index contributed by atoms with van der Waals surface area (Å²) >= 11 is 0. The van der Waals surface area contributed by atoms with E-state index in [1.54, 1.807) is 36.4 Å². The zero-order chi connectivity index (χ0) is 41.1. The van der Waals surface area contributed by atoms with Crippen molar-refractivity contribution >= 4 is 45.0 Å². The van der Waals surface area contributed by atoms with E-state index in [0.717, 1.165) is 67.0 Å². The Hall–Kier alpha value is -7.98. The lowest BCUT2D eigenvalue weighted by Crippen LogP contribution is -2.18. The van der Waals surface area contributed by atoms with Crippen molar-refractivity contribution in [1.29, 1.82) is 10.5 Å². The quantitative estimate of drug-likeness (QED) is 0.0827. The molecule has 8 aromatic rings. The molecule has 0 saturated carbocycles. The summed E-state index contributed by atoms with van der Waals surface area (Å²) < 4.78 is 4.11. The number of hydrogen-bond donors (Lipinski definition) is 4. The van der Waals surface area contributed by atoms with Gasteiger partial charge in [-0.3, -0.25) is 9.59 Å². The molecule has 0 radical (unpaired) electrons. The molecule has 0 spiro atoms. The van der Waals surface area contributed by atoms with E-state index in [2.05, 4.69) is 82.4 Å². The van der Waals surface area contributed by atoms with Crippen molar-refractivity contribution in [3.63, 3.8) is 0 Å². The number of rotatable bonds is 13. The monoisotopic (exact) mass is 784 g/mol. The topological polar surface area (TPSA) is 225 Å². The normalized spacial score (nSPS) is 10.8. The Kier molecular flexibility index (Phi) is 12.2. The van der Waals surface area contributed by atoms with Gasteiger partial charge in [0.05, 0.1) is 34.6 Å². The second kappa shape index (κ2) is 18.3. The molecule has 0 fully saturated rings. The molecule has 0 bridgehead atoms. The minimum Gasteiger partial charge on any atom is -0.336 e. The fraction of sp³-hybridized carbons (Fsp3) is 0.209. The van der Waals surface area contributed by atoms with Crippen molar-refractivity contribution in [2.24, 2.45) is 0 Å². The van der Waals surface area contributed by atoms with Gasteiger partial charge in [-0.15, -0.1) is 20.4 Å². The minimum absolute atomic E-state index is 0.225. The Bertz CT molecular complexity index is 2810. The van der Waals surface area contributed by atoms with Gasteiger partial charge in [0.15, 0.2) is 0 Å². The maximum atomic E-state index is 13.3. The number of aromatic amines is 2. The lowest BCUT2D eigenvalue weighted by Gasteiger charge is -2.13. The summed E-state index contributed by atoms with van der Waals surface area (Å²) in [6.45, 7) is 5.82. The van der Waals surface area contributed by atoms with Crippen molar-refractivity contribution in [3.8, 4) is 34.9 Å². The maximum Gasteiger partial charge on any atom is 0.272 e. The molecule has 4 aromatic carbocycles. The van der Waals surface area contributed by atoms with Crippen LogP contribution in [-0.4, -0.2) is 62.2 Å². The molecule has 59 heavy (non-hydrogen) atoms. The first kappa shape index (κ1) is 39.3. The molecule has 4 N–H and O–H groups in total. The van der Waals surface area contributed by atoms with E-state index in [1.165, 1.54) is 0 Å². The zero-order valence-corrected chi connectivity index (χ0v) is 32.5. The molecule has 0 aliphatic carbocycles. The van der Waals surface area contributed by atoms with E-state index in [-0.39, 0.29) is 11.8 Å². The van der Waals surface area contributed by atoms with Gasteiger partial charge < -0.3 is 19.8 Å². The molecule has 0 atom stereocenters. The number of amides is 2. The molecule has 2 amide bonds. The van der Waals surface area contributed by atoms with Crippen LogP contribution in [0.1, 0.15) is 78.1 Å². The first-order valence-electron chi connectivity index (χ1n) is 19.3. The molecule has 16 nitrogen and oxygen atoms in total. The van der Waals surface area contributed by atoms with E-state index in [1.807, 2.05) is 65.2 Å². The third-order valence-electron chi connectivity index (χ3n) is 9.77. The van der Waals surface area contributed by atoms with Gasteiger partial charge in [-0.2, -0.15) is 21.0 Å². The second-order valence-corrected chi connectivity index (χ2v) is 13.7. The Morgan fingerprint density at radius 2 is 1.07 bits per heavy atom. The maximum absolute atomic E-state index is 13.3. The molecule has 0 aliphatic heterocycles. The van der Waals surface area contributed by atoms with Crippen LogP contribution in [0.15, 0.2) is 97.1 Å². The highest BCUT2D eigenvalue weighted by Crippen LogP contribution is 2.30. The lowest BCUT2D eigenvalue weighted by atomic mass is 10.1. The predicted octanol–water partition coefficient (Wildman–Crippen LogP) is 7.88. The van der Waals surface area contributed by atoms with Crippen molar-refractivity contribution in [3.05, 3.63) is 120 Å². The number of fused-ring (bicyclic) bond motifs is 2. The molecule has 0 saturated heterocycles. The van der Waals surface area contributed by atoms with Crippen LogP contribution in [0.5, 0.6) is 0 Å². The van der Waals surface area contributed by atoms with Gasteiger partial charge in [0.1, 0.15) is 11.4 Å². The summed E-state index contributed by atoms with van der Waals surface area (Å²) in [7, 11) is 0. The summed E-state index contributed by atoms with van der Waals surface area (Å²) in [4.78, 5) is 26.4. The van der Waals surface area contributed by atoms with Crippen molar-refractivity contribution in [1.82, 2.24) is 50.4 Å². The number of carbonyl (C=O) groups excluding carboxylic acids is 2. The first-order valence-corrected chi connectivity index (χ1v) is 19.3. The first-order chi connectivity index (χ1) is 28.9. The van der Waals surface area contributed by atoms with Gasteiger partial charge in [-0.05, 0) is 83.9 Å². The fourth-order valence-electron chi connectivity index (χ4n) is 6.86. The highest BCUT2D eigenvalue weighted by Gasteiger charge is 2.20. The number of nitriles is 2. The Morgan fingerprint density at radius 3 is 1.49 bits per heavy atom. The molecule has 0 aliphatic rings. The minimum atomic E-state index is -0.230. The number of aromatic nitrogens is 10. The van der Waals surface area contributed by atoms with Gasteiger partial charge in [0.25, 0.3) is 11.8 Å².